The smallest absolute Gasteiger partial charge is 0.330 e. The molecule has 0 aromatic carbocycles. The maximum atomic E-state index is 11.3. The van der Waals surface area contributed by atoms with E-state index in [0.29, 0.717) is 13.1 Å². The Kier molecular flexibility index (Phi) is 8.58. The molecule has 13 nitrogen and oxygen atoms in total. The molecule has 2 aromatic heterocycles. The van der Waals surface area contributed by atoms with Crippen LogP contribution >= 0.6 is 0 Å². The molecular formula is C16H26N8O5. The molecule has 0 bridgehead atoms. The molecule has 0 unspecified atom stereocenters. The molecule has 0 amide bonds. The van der Waals surface area contributed by atoms with Crippen LogP contribution in [0.25, 0.3) is 0 Å². The second-order valence-electron chi connectivity index (χ2n) is 6.15. The fourth-order valence-corrected chi connectivity index (χ4v) is 2.35. The lowest BCUT2D eigenvalue weighted by Crippen LogP contribution is -2.33. The number of unbranched alkanes of at least 4 members (excludes halogenated alkanes) is 2. The van der Waals surface area contributed by atoms with Gasteiger partial charge in [-0.25, -0.2) is 9.59 Å². The van der Waals surface area contributed by atoms with E-state index in [1.807, 2.05) is 18.8 Å². The fourth-order valence-electron chi connectivity index (χ4n) is 2.35. The highest BCUT2D eigenvalue weighted by molar-refractivity contribution is 5.56. The van der Waals surface area contributed by atoms with Gasteiger partial charge in [0.1, 0.15) is 17.3 Å². The summed E-state index contributed by atoms with van der Waals surface area (Å²) in [6, 6.07) is 0. The minimum Gasteiger partial charge on any atom is -0.391 e. The van der Waals surface area contributed by atoms with Crippen molar-refractivity contribution in [3.8, 4) is 0 Å². The number of aromatic amines is 2. The first kappa shape index (κ1) is 23.4. The number of hydrogen-bond donors (Lipinski definition) is 5. The van der Waals surface area contributed by atoms with E-state index in [-0.39, 0.29) is 17.3 Å². The summed E-state index contributed by atoms with van der Waals surface area (Å²) in [6.45, 7) is 4.78. The van der Waals surface area contributed by atoms with Crippen LogP contribution in [-0.4, -0.2) is 19.1 Å². The van der Waals surface area contributed by atoms with Crippen molar-refractivity contribution >= 4 is 23.0 Å². The SMILES string of the molecule is CCCCn1c(N)c(N)c(=O)[nH]c1=O.CCCCn1c(N)c(N=O)c(=O)[nH]c1=O. The van der Waals surface area contributed by atoms with Gasteiger partial charge in [0.05, 0.1) is 0 Å². The second kappa shape index (κ2) is 10.6. The zero-order valence-electron chi connectivity index (χ0n) is 16.4. The molecule has 0 aliphatic heterocycles. The van der Waals surface area contributed by atoms with Gasteiger partial charge in [0.25, 0.3) is 11.1 Å². The molecule has 0 saturated carbocycles. The van der Waals surface area contributed by atoms with E-state index in [2.05, 4.69) is 10.2 Å². The first-order valence-corrected chi connectivity index (χ1v) is 9.03. The van der Waals surface area contributed by atoms with E-state index in [4.69, 9.17) is 17.2 Å². The number of nitrogens with one attached hydrogen (secondary N) is 2. The third-order valence-electron chi connectivity index (χ3n) is 4.05. The van der Waals surface area contributed by atoms with E-state index in [0.717, 1.165) is 30.3 Å². The number of nitroso groups, excluding NO2 is 1. The molecule has 0 aliphatic rings. The standard InChI is InChI=1S/C8H12N4O3.C8H14N4O2/c1-2-3-4-12-6(9)5(11-15)7(13)10-8(12)14;1-2-3-4-12-6(10)5(9)7(13)11-8(12)14/h2-4,9H2,1H3,(H,10,13,14);2-4,9-10H2,1H3,(H,11,13,14). The average Bonchev–Trinajstić information content (AvgIpc) is 2.67. The Morgan fingerprint density at radius 2 is 1.24 bits per heavy atom. The van der Waals surface area contributed by atoms with Gasteiger partial charge in [0.2, 0.25) is 5.69 Å². The van der Waals surface area contributed by atoms with E-state index >= 15 is 0 Å². The number of anilines is 3. The Balaban J connectivity index is 0.000000291. The van der Waals surface area contributed by atoms with Crippen molar-refractivity contribution < 1.29 is 0 Å². The lowest BCUT2D eigenvalue weighted by molar-refractivity contribution is 0.605. The summed E-state index contributed by atoms with van der Waals surface area (Å²) in [5, 5.41) is 2.50. The minimum absolute atomic E-state index is 0.0483. The second-order valence-corrected chi connectivity index (χ2v) is 6.15. The molecule has 0 fully saturated rings. The highest BCUT2D eigenvalue weighted by Gasteiger charge is 2.12. The highest BCUT2D eigenvalue weighted by atomic mass is 16.3. The van der Waals surface area contributed by atoms with Gasteiger partial charge >= 0.3 is 11.4 Å². The summed E-state index contributed by atoms with van der Waals surface area (Å²) >= 11 is 0. The van der Waals surface area contributed by atoms with Gasteiger partial charge in [-0.15, -0.1) is 4.91 Å². The van der Waals surface area contributed by atoms with Crippen LogP contribution in [0.15, 0.2) is 24.4 Å². The van der Waals surface area contributed by atoms with Crippen molar-refractivity contribution in [1.82, 2.24) is 19.1 Å². The van der Waals surface area contributed by atoms with E-state index in [1.54, 1.807) is 0 Å². The van der Waals surface area contributed by atoms with Crippen molar-refractivity contribution in [3.63, 3.8) is 0 Å². The van der Waals surface area contributed by atoms with Crippen molar-refractivity contribution in [2.45, 2.75) is 52.6 Å². The number of aromatic nitrogens is 4. The Hall–Kier alpha value is -3.64. The number of nitrogen functional groups attached to an aromatic ring is 3. The molecule has 0 spiro atoms. The maximum absolute atomic E-state index is 11.3. The topological polar surface area (TPSA) is 217 Å². The summed E-state index contributed by atoms with van der Waals surface area (Å²) in [5.41, 5.74) is 13.3. The first-order valence-electron chi connectivity index (χ1n) is 9.03. The Morgan fingerprint density at radius 1 is 0.793 bits per heavy atom. The van der Waals surface area contributed by atoms with Crippen LogP contribution in [0.4, 0.5) is 23.0 Å². The van der Waals surface area contributed by atoms with Crippen molar-refractivity contribution in [3.05, 3.63) is 46.6 Å². The first-order chi connectivity index (χ1) is 13.7. The number of H-pyrrole nitrogens is 2. The number of hydrogen-bond acceptors (Lipinski definition) is 9. The van der Waals surface area contributed by atoms with Crippen LogP contribution in [0.1, 0.15) is 39.5 Å². The zero-order valence-corrected chi connectivity index (χ0v) is 16.4. The molecular weight excluding hydrogens is 384 g/mol. The van der Waals surface area contributed by atoms with E-state index in [9.17, 15) is 24.1 Å². The fraction of sp³-hybridized carbons (Fsp3) is 0.500. The van der Waals surface area contributed by atoms with Crippen LogP contribution in [0, 0.1) is 4.91 Å². The monoisotopic (exact) mass is 410 g/mol. The summed E-state index contributed by atoms with van der Waals surface area (Å²) in [4.78, 5) is 59.1. The predicted molar refractivity (Wildman–Crippen MR) is 111 cm³/mol. The zero-order chi connectivity index (χ0) is 22.1. The molecule has 160 valence electrons. The average molecular weight is 410 g/mol. The molecule has 13 heteroatoms. The normalized spacial score (nSPS) is 10.3. The van der Waals surface area contributed by atoms with Crippen molar-refractivity contribution in [2.24, 2.45) is 5.18 Å². The molecule has 0 radical (unpaired) electrons. The van der Waals surface area contributed by atoms with Crippen molar-refractivity contribution in [2.75, 3.05) is 17.2 Å². The van der Waals surface area contributed by atoms with Gasteiger partial charge in [-0.3, -0.25) is 28.7 Å². The van der Waals surface area contributed by atoms with Gasteiger partial charge in [-0.2, -0.15) is 0 Å². The van der Waals surface area contributed by atoms with Gasteiger partial charge in [-0.05, 0) is 18.0 Å². The van der Waals surface area contributed by atoms with E-state index in [1.165, 1.54) is 4.57 Å². The molecule has 2 heterocycles. The van der Waals surface area contributed by atoms with Gasteiger partial charge in [0, 0.05) is 13.1 Å². The van der Waals surface area contributed by atoms with Crippen LogP contribution < -0.4 is 39.7 Å². The molecule has 2 aromatic rings. The van der Waals surface area contributed by atoms with Gasteiger partial charge in [-0.1, -0.05) is 26.7 Å². The summed E-state index contributed by atoms with van der Waals surface area (Å²) < 4.78 is 2.42. The largest absolute Gasteiger partial charge is 0.391 e. The molecule has 8 N–H and O–H groups in total. The minimum atomic E-state index is -0.847. The van der Waals surface area contributed by atoms with Gasteiger partial charge in [0.15, 0.2) is 0 Å². The summed E-state index contributed by atoms with van der Waals surface area (Å²) in [5.74, 6) is -0.126. The van der Waals surface area contributed by atoms with Gasteiger partial charge < -0.3 is 17.2 Å². The highest BCUT2D eigenvalue weighted by Crippen LogP contribution is 2.13. The number of nitrogens with zero attached hydrogens (tertiary/aromatic N) is 3. The Morgan fingerprint density at radius 3 is 1.69 bits per heavy atom. The van der Waals surface area contributed by atoms with Crippen LogP contribution in [0.3, 0.4) is 0 Å². The predicted octanol–water partition coefficient (Wildman–Crippen LogP) is -0.182. The molecule has 0 aliphatic carbocycles. The quantitative estimate of drug-likeness (QED) is 0.384. The van der Waals surface area contributed by atoms with E-state index < -0.39 is 28.2 Å². The molecule has 2 rings (SSSR count). The lowest BCUT2D eigenvalue weighted by atomic mass is 10.3. The number of rotatable bonds is 7. The third-order valence-corrected chi connectivity index (χ3v) is 4.05. The molecule has 29 heavy (non-hydrogen) atoms. The summed E-state index contributed by atoms with van der Waals surface area (Å²) in [6.07, 6.45) is 3.35. The lowest BCUT2D eigenvalue weighted by Gasteiger charge is -2.08. The number of nitrogens with two attached hydrogens (primary N) is 3. The summed E-state index contributed by atoms with van der Waals surface area (Å²) in [7, 11) is 0. The van der Waals surface area contributed by atoms with Crippen LogP contribution in [-0.2, 0) is 13.1 Å². The Bertz CT molecular complexity index is 1080. The van der Waals surface area contributed by atoms with Crippen molar-refractivity contribution in [1.29, 1.82) is 0 Å². The third kappa shape index (κ3) is 5.67. The molecule has 0 atom stereocenters. The Labute approximate surface area is 164 Å². The molecule has 0 saturated heterocycles. The van der Waals surface area contributed by atoms with Crippen LogP contribution in [0.5, 0.6) is 0 Å². The maximum Gasteiger partial charge on any atom is 0.330 e. The van der Waals surface area contributed by atoms with Crippen LogP contribution in [0.2, 0.25) is 0 Å².